The summed E-state index contributed by atoms with van der Waals surface area (Å²) in [6.45, 7) is 6.80. The topological polar surface area (TPSA) is 46.9 Å². The number of rotatable bonds is 3. The molecular weight excluding hydrogens is 214 g/mol. The third-order valence-corrected chi connectivity index (χ3v) is 3.49. The first-order valence-corrected chi connectivity index (χ1v) is 6.42. The van der Waals surface area contributed by atoms with Crippen molar-refractivity contribution in [3.8, 4) is 0 Å². The minimum absolute atomic E-state index is 0.0822. The second kappa shape index (κ2) is 5.45. The van der Waals surface area contributed by atoms with Crippen LogP contribution in [0.25, 0.3) is 0 Å². The monoisotopic (exact) mass is 235 g/mol. The van der Waals surface area contributed by atoms with E-state index in [4.69, 9.17) is 0 Å². The molecule has 1 N–H and O–H groups in total. The van der Waals surface area contributed by atoms with Gasteiger partial charge in [0.25, 0.3) is 5.56 Å². The van der Waals surface area contributed by atoms with E-state index in [1.807, 2.05) is 13.8 Å². The lowest BCUT2D eigenvalue weighted by atomic mass is 9.96. The molecule has 0 aromatic carbocycles. The lowest BCUT2D eigenvalue weighted by molar-refractivity contribution is 0.338. The third-order valence-electron chi connectivity index (χ3n) is 3.49. The maximum absolute atomic E-state index is 11.8. The van der Waals surface area contributed by atoms with Gasteiger partial charge in [-0.2, -0.15) is 0 Å². The van der Waals surface area contributed by atoms with Gasteiger partial charge in [-0.3, -0.25) is 9.36 Å². The maximum Gasteiger partial charge on any atom is 0.253 e. The predicted molar refractivity (Wildman–Crippen MR) is 68.2 cm³/mol. The van der Waals surface area contributed by atoms with Crippen molar-refractivity contribution in [3.05, 3.63) is 27.9 Å². The average molecular weight is 235 g/mol. The quantitative estimate of drug-likeness (QED) is 0.857. The van der Waals surface area contributed by atoms with Gasteiger partial charge >= 0.3 is 0 Å². The van der Waals surface area contributed by atoms with E-state index in [0.29, 0.717) is 5.92 Å². The molecule has 17 heavy (non-hydrogen) atoms. The molecule has 1 unspecified atom stereocenters. The van der Waals surface area contributed by atoms with Crippen LogP contribution >= 0.6 is 0 Å². The van der Waals surface area contributed by atoms with Gasteiger partial charge in [-0.05, 0) is 52.1 Å². The van der Waals surface area contributed by atoms with Crippen molar-refractivity contribution in [2.75, 3.05) is 13.1 Å². The molecule has 1 aromatic rings. The molecule has 0 bridgehead atoms. The molecule has 1 saturated heterocycles. The van der Waals surface area contributed by atoms with E-state index in [0.717, 1.165) is 37.6 Å². The zero-order valence-electron chi connectivity index (χ0n) is 10.7. The second-order valence-electron chi connectivity index (χ2n) is 4.94. The Labute approximate surface area is 102 Å². The van der Waals surface area contributed by atoms with E-state index in [1.165, 1.54) is 12.8 Å². The molecule has 1 aliphatic heterocycles. The molecule has 0 saturated carbocycles. The van der Waals surface area contributed by atoms with E-state index in [1.54, 1.807) is 10.6 Å². The van der Waals surface area contributed by atoms with Gasteiger partial charge in [0.05, 0.1) is 0 Å². The molecule has 4 heteroatoms. The van der Waals surface area contributed by atoms with Crippen LogP contribution < -0.4 is 10.9 Å². The number of aryl methyl sites for hydroxylation is 2. The molecule has 1 aromatic heterocycles. The van der Waals surface area contributed by atoms with E-state index in [9.17, 15) is 4.79 Å². The van der Waals surface area contributed by atoms with E-state index < -0.39 is 0 Å². The van der Waals surface area contributed by atoms with Crippen molar-refractivity contribution in [1.82, 2.24) is 14.9 Å². The molecule has 1 atom stereocenters. The summed E-state index contributed by atoms with van der Waals surface area (Å²) < 4.78 is 1.79. The van der Waals surface area contributed by atoms with Crippen LogP contribution in [0.4, 0.5) is 0 Å². The predicted octanol–water partition coefficient (Wildman–Crippen LogP) is 1.25. The fourth-order valence-corrected chi connectivity index (χ4v) is 2.52. The molecule has 1 fully saturated rings. The van der Waals surface area contributed by atoms with Crippen molar-refractivity contribution in [2.45, 2.75) is 39.7 Å². The first-order chi connectivity index (χ1) is 8.16. The molecule has 2 heterocycles. The zero-order chi connectivity index (χ0) is 12.3. The van der Waals surface area contributed by atoms with Crippen molar-refractivity contribution in [2.24, 2.45) is 5.92 Å². The molecule has 0 aliphatic carbocycles. The number of hydrogen-bond donors (Lipinski definition) is 1. The highest BCUT2D eigenvalue weighted by Crippen LogP contribution is 2.14. The van der Waals surface area contributed by atoms with Crippen LogP contribution in [0, 0.1) is 19.8 Å². The van der Waals surface area contributed by atoms with E-state index >= 15 is 0 Å². The van der Waals surface area contributed by atoms with Gasteiger partial charge in [0.15, 0.2) is 0 Å². The molecule has 2 rings (SSSR count). The smallest absolute Gasteiger partial charge is 0.253 e. The van der Waals surface area contributed by atoms with Crippen LogP contribution in [0.2, 0.25) is 0 Å². The van der Waals surface area contributed by atoms with Gasteiger partial charge < -0.3 is 5.32 Å². The lowest BCUT2D eigenvalue weighted by Gasteiger charge is -2.23. The highest BCUT2D eigenvalue weighted by Gasteiger charge is 2.13. The van der Waals surface area contributed by atoms with Gasteiger partial charge in [0, 0.05) is 18.3 Å². The fraction of sp³-hybridized carbons (Fsp3) is 0.692. The average Bonchev–Trinajstić information content (AvgIpc) is 2.29. The van der Waals surface area contributed by atoms with Crippen molar-refractivity contribution >= 4 is 0 Å². The normalized spacial score (nSPS) is 20.5. The zero-order valence-corrected chi connectivity index (χ0v) is 10.7. The first kappa shape index (κ1) is 12.3. The number of hydrogen-bond acceptors (Lipinski definition) is 3. The summed E-state index contributed by atoms with van der Waals surface area (Å²) in [7, 11) is 0. The van der Waals surface area contributed by atoms with Crippen molar-refractivity contribution in [1.29, 1.82) is 0 Å². The summed E-state index contributed by atoms with van der Waals surface area (Å²) in [5.74, 6) is 1.54. The number of nitrogens with zero attached hydrogens (tertiary/aromatic N) is 2. The molecule has 1 aliphatic rings. The standard InChI is InChI=1S/C13H21N3O/c1-10-8-13(17)16(11(2)15-10)7-5-12-4-3-6-14-9-12/h8,12,14H,3-7,9H2,1-2H3. The Bertz CT molecular complexity index is 433. The Kier molecular flexibility index (Phi) is 3.94. The van der Waals surface area contributed by atoms with Gasteiger partial charge in [-0.1, -0.05) is 0 Å². The summed E-state index contributed by atoms with van der Waals surface area (Å²) in [5, 5.41) is 3.41. The lowest BCUT2D eigenvalue weighted by Crippen LogP contribution is -2.32. The van der Waals surface area contributed by atoms with Gasteiger partial charge in [-0.15, -0.1) is 0 Å². The highest BCUT2D eigenvalue weighted by molar-refractivity contribution is 5.01. The Hall–Kier alpha value is -1.16. The van der Waals surface area contributed by atoms with E-state index in [-0.39, 0.29) is 5.56 Å². The highest BCUT2D eigenvalue weighted by atomic mass is 16.1. The maximum atomic E-state index is 11.8. The Morgan fingerprint density at radius 2 is 2.35 bits per heavy atom. The van der Waals surface area contributed by atoms with Crippen molar-refractivity contribution < 1.29 is 0 Å². The molecule has 0 radical (unpaired) electrons. The Balaban J connectivity index is 2.01. The second-order valence-corrected chi connectivity index (χ2v) is 4.94. The van der Waals surface area contributed by atoms with Gasteiger partial charge in [0.2, 0.25) is 0 Å². The number of piperidine rings is 1. The number of aromatic nitrogens is 2. The first-order valence-electron chi connectivity index (χ1n) is 6.42. The van der Waals surface area contributed by atoms with Crippen LogP contribution in [0.3, 0.4) is 0 Å². The van der Waals surface area contributed by atoms with E-state index in [2.05, 4.69) is 10.3 Å². The molecular formula is C13H21N3O. The summed E-state index contributed by atoms with van der Waals surface area (Å²) >= 11 is 0. The molecule has 4 nitrogen and oxygen atoms in total. The van der Waals surface area contributed by atoms with Crippen molar-refractivity contribution in [3.63, 3.8) is 0 Å². The summed E-state index contributed by atoms with van der Waals surface area (Å²) in [5.41, 5.74) is 0.891. The summed E-state index contributed by atoms with van der Waals surface area (Å²) in [6.07, 6.45) is 3.60. The summed E-state index contributed by atoms with van der Waals surface area (Å²) in [6, 6.07) is 1.62. The molecule has 0 spiro atoms. The third kappa shape index (κ3) is 3.16. The minimum atomic E-state index is 0.0822. The van der Waals surface area contributed by atoms with Crippen LogP contribution in [0.5, 0.6) is 0 Å². The van der Waals surface area contributed by atoms with Crippen LogP contribution in [-0.2, 0) is 6.54 Å². The molecule has 94 valence electrons. The SMILES string of the molecule is Cc1cc(=O)n(CCC2CCCNC2)c(C)n1. The minimum Gasteiger partial charge on any atom is -0.316 e. The van der Waals surface area contributed by atoms with Crippen LogP contribution in [0.1, 0.15) is 30.8 Å². The fourth-order valence-electron chi connectivity index (χ4n) is 2.52. The summed E-state index contributed by atoms with van der Waals surface area (Å²) in [4.78, 5) is 16.2. The Morgan fingerprint density at radius 3 is 3.00 bits per heavy atom. The molecule has 0 amide bonds. The largest absolute Gasteiger partial charge is 0.316 e. The van der Waals surface area contributed by atoms with Crippen LogP contribution in [-0.4, -0.2) is 22.6 Å². The van der Waals surface area contributed by atoms with Gasteiger partial charge in [-0.25, -0.2) is 4.98 Å². The number of nitrogens with one attached hydrogen (secondary N) is 1. The Morgan fingerprint density at radius 1 is 1.53 bits per heavy atom. The van der Waals surface area contributed by atoms with Gasteiger partial charge in [0.1, 0.15) is 5.82 Å². The van der Waals surface area contributed by atoms with Crippen LogP contribution in [0.15, 0.2) is 10.9 Å².